The molecule has 3 aromatic rings. The molecule has 1 amide bonds. The Labute approximate surface area is 167 Å². The standard InChI is InChI=1S/C21H21FN4OS/c1-25(2)12-11-23-21(27)18-16-13-28-20-15(9-6-10-17(20)22)19(16)26(24-18)14-7-4-3-5-8-14/h3-10H,11-13H2,1-2H3,(H,23,27). The molecule has 1 aromatic heterocycles. The average molecular weight is 396 g/mol. The van der Waals surface area contributed by atoms with Crippen LogP contribution >= 0.6 is 11.8 Å². The van der Waals surface area contributed by atoms with Crippen molar-refractivity contribution in [3.8, 4) is 16.9 Å². The summed E-state index contributed by atoms with van der Waals surface area (Å²) >= 11 is 1.41. The van der Waals surface area contributed by atoms with Gasteiger partial charge in [-0.2, -0.15) is 5.10 Å². The van der Waals surface area contributed by atoms with E-state index < -0.39 is 0 Å². The van der Waals surface area contributed by atoms with Crippen molar-refractivity contribution in [3.05, 3.63) is 65.6 Å². The first kappa shape index (κ1) is 18.7. The zero-order chi connectivity index (χ0) is 19.7. The van der Waals surface area contributed by atoms with Gasteiger partial charge in [-0.15, -0.1) is 11.8 Å². The number of carbonyl (C=O) groups is 1. The topological polar surface area (TPSA) is 50.2 Å². The Balaban J connectivity index is 1.82. The Morgan fingerprint density at radius 2 is 2.00 bits per heavy atom. The number of nitrogens with zero attached hydrogens (tertiary/aromatic N) is 3. The van der Waals surface area contributed by atoms with E-state index in [0.29, 0.717) is 22.9 Å². The zero-order valence-electron chi connectivity index (χ0n) is 15.8. The van der Waals surface area contributed by atoms with Crippen molar-refractivity contribution < 1.29 is 9.18 Å². The minimum atomic E-state index is -0.244. The number of hydrogen-bond donors (Lipinski definition) is 1. The van der Waals surface area contributed by atoms with Crippen molar-refractivity contribution >= 4 is 17.7 Å². The molecule has 1 N–H and O–H groups in total. The maximum absolute atomic E-state index is 14.4. The lowest BCUT2D eigenvalue weighted by Crippen LogP contribution is -2.32. The second-order valence-electron chi connectivity index (χ2n) is 6.89. The summed E-state index contributed by atoms with van der Waals surface area (Å²) in [5.74, 6) is 0.0613. The summed E-state index contributed by atoms with van der Waals surface area (Å²) in [6.45, 7) is 1.29. The van der Waals surface area contributed by atoms with Crippen molar-refractivity contribution in [1.29, 1.82) is 0 Å². The smallest absolute Gasteiger partial charge is 0.272 e. The van der Waals surface area contributed by atoms with E-state index >= 15 is 0 Å². The monoisotopic (exact) mass is 396 g/mol. The number of para-hydroxylation sites is 1. The highest BCUT2D eigenvalue weighted by Crippen LogP contribution is 2.44. The van der Waals surface area contributed by atoms with Gasteiger partial charge in [-0.25, -0.2) is 9.07 Å². The van der Waals surface area contributed by atoms with E-state index in [4.69, 9.17) is 0 Å². The number of halogens is 1. The highest BCUT2D eigenvalue weighted by atomic mass is 32.2. The molecular weight excluding hydrogens is 375 g/mol. The molecule has 0 bridgehead atoms. The van der Waals surface area contributed by atoms with Gasteiger partial charge in [0.15, 0.2) is 5.69 Å². The summed E-state index contributed by atoms with van der Waals surface area (Å²) in [7, 11) is 3.92. The van der Waals surface area contributed by atoms with Crippen LogP contribution in [-0.4, -0.2) is 47.8 Å². The van der Waals surface area contributed by atoms with Crippen LogP contribution in [0.1, 0.15) is 16.1 Å². The van der Waals surface area contributed by atoms with E-state index in [2.05, 4.69) is 10.4 Å². The van der Waals surface area contributed by atoms with Crippen molar-refractivity contribution in [3.63, 3.8) is 0 Å². The van der Waals surface area contributed by atoms with Crippen LogP contribution in [0.4, 0.5) is 4.39 Å². The minimum absolute atomic E-state index is 0.201. The third kappa shape index (κ3) is 3.43. The van der Waals surface area contributed by atoms with E-state index in [0.717, 1.165) is 29.1 Å². The van der Waals surface area contributed by atoms with Crippen LogP contribution in [0, 0.1) is 5.82 Å². The molecule has 1 aliphatic heterocycles. The first-order valence-electron chi connectivity index (χ1n) is 9.08. The van der Waals surface area contributed by atoms with Gasteiger partial charge in [0, 0.05) is 30.0 Å². The molecule has 28 heavy (non-hydrogen) atoms. The molecule has 1 aliphatic rings. The molecule has 7 heteroatoms. The highest BCUT2D eigenvalue weighted by molar-refractivity contribution is 7.98. The first-order chi connectivity index (χ1) is 13.6. The number of carbonyl (C=O) groups excluding carboxylic acids is 1. The van der Waals surface area contributed by atoms with Crippen LogP contribution < -0.4 is 5.32 Å². The number of nitrogens with one attached hydrogen (secondary N) is 1. The zero-order valence-corrected chi connectivity index (χ0v) is 16.6. The lowest BCUT2D eigenvalue weighted by atomic mass is 10.0. The summed E-state index contributed by atoms with van der Waals surface area (Å²) < 4.78 is 16.1. The molecule has 0 fully saturated rings. The molecule has 4 rings (SSSR count). The second kappa shape index (κ2) is 7.77. The SMILES string of the molecule is CN(C)CCNC(=O)c1nn(-c2ccccc2)c2c1CSc1c(F)cccc1-2. The Bertz CT molecular complexity index is 1020. The van der Waals surface area contributed by atoms with Gasteiger partial charge in [-0.3, -0.25) is 4.79 Å². The molecule has 0 radical (unpaired) electrons. The molecule has 144 valence electrons. The Kier molecular flexibility index (Phi) is 5.19. The summed E-state index contributed by atoms with van der Waals surface area (Å²) in [5.41, 5.74) is 3.65. The molecule has 0 atom stereocenters. The second-order valence-corrected chi connectivity index (χ2v) is 7.87. The van der Waals surface area contributed by atoms with Crippen LogP contribution in [-0.2, 0) is 5.75 Å². The van der Waals surface area contributed by atoms with E-state index in [1.54, 1.807) is 10.7 Å². The van der Waals surface area contributed by atoms with E-state index in [1.165, 1.54) is 17.8 Å². The molecule has 2 heterocycles. The number of rotatable bonds is 5. The maximum atomic E-state index is 14.4. The lowest BCUT2D eigenvalue weighted by molar-refractivity contribution is 0.0945. The molecule has 5 nitrogen and oxygen atoms in total. The Morgan fingerprint density at radius 3 is 2.75 bits per heavy atom. The predicted octanol–water partition coefficient (Wildman–Crippen LogP) is 3.58. The predicted molar refractivity (Wildman–Crippen MR) is 109 cm³/mol. The summed E-state index contributed by atoms with van der Waals surface area (Å²) in [4.78, 5) is 15.4. The molecule has 0 saturated heterocycles. The van der Waals surface area contributed by atoms with Crippen LogP contribution in [0.5, 0.6) is 0 Å². The number of amides is 1. The highest BCUT2D eigenvalue weighted by Gasteiger charge is 2.30. The quantitative estimate of drug-likeness (QED) is 0.716. The number of benzene rings is 2. The van der Waals surface area contributed by atoms with Crippen LogP contribution in [0.15, 0.2) is 53.4 Å². The third-order valence-electron chi connectivity index (χ3n) is 4.63. The molecule has 2 aromatic carbocycles. The van der Waals surface area contributed by atoms with Gasteiger partial charge in [0.05, 0.1) is 16.3 Å². The van der Waals surface area contributed by atoms with Gasteiger partial charge in [-0.1, -0.05) is 30.3 Å². The van der Waals surface area contributed by atoms with Crippen molar-refractivity contribution in [1.82, 2.24) is 20.0 Å². The number of aromatic nitrogens is 2. The largest absolute Gasteiger partial charge is 0.349 e. The lowest BCUT2D eigenvalue weighted by Gasteiger charge is -2.18. The van der Waals surface area contributed by atoms with Gasteiger partial charge in [0.1, 0.15) is 5.82 Å². The fourth-order valence-corrected chi connectivity index (χ4v) is 4.35. The van der Waals surface area contributed by atoms with Gasteiger partial charge in [0.2, 0.25) is 0 Å². The molecule has 0 spiro atoms. The average Bonchev–Trinajstić information content (AvgIpc) is 3.09. The van der Waals surface area contributed by atoms with Gasteiger partial charge < -0.3 is 10.2 Å². The Hall–Kier alpha value is -2.64. The summed E-state index contributed by atoms with van der Waals surface area (Å²) in [6.07, 6.45) is 0. The van der Waals surface area contributed by atoms with Crippen LogP contribution in [0.25, 0.3) is 16.9 Å². The molecular formula is C21H21FN4OS. The fourth-order valence-electron chi connectivity index (χ4n) is 3.27. The normalized spacial score (nSPS) is 12.6. The van der Waals surface area contributed by atoms with E-state index in [-0.39, 0.29) is 11.7 Å². The van der Waals surface area contributed by atoms with Crippen LogP contribution in [0.3, 0.4) is 0 Å². The van der Waals surface area contributed by atoms with Crippen LogP contribution in [0.2, 0.25) is 0 Å². The van der Waals surface area contributed by atoms with Gasteiger partial charge in [-0.05, 0) is 32.3 Å². The van der Waals surface area contributed by atoms with E-state index in [1.807, 2.05) is 55.4 Å². The van der Waals surface area contributed by atoms with Gasteiger partial charge in [0.25, 0.3) is 5.91 Å². The minimum Gasteiger partial charge on any atom is -0.349 e. The van der Waals surface area contributed by atoms with E-state index in [9.17, 15) is 9.18 Å². The van der Waals surface area contributed by atoms with Crippen molar-refractivity contribution in [2.75, 3.05) is 27.2 Å². The third-order valence-corrected chi connectivity index (χ3v) is 5.76. The first-order valence-corrected chi connectivity index (χ1v) is 10.1. The number of fused-ring (bicyclic) bond motifs is 3. The molecule has 0 saturated carbocycles. The fraction of sp³-hybridized carbons (Fsp3) is 0.238. The van der Waals surface area contributed by atoms with Crippen molar-refractivity contribution in [2.24, 2.45) is 0 Å². The summed E-state index contributed by atoms with van der Waals surface area (Å²) in [6, 6.07) is 14.7. The number of hydrogen-bond acceptors (Lipinski definition) is 4. The maximum Gasteiger partial charge on any atom is 0.272 e. The van der Waals surface area contributed by atoms with Crippen molar-refractivity contribution in [2.45, 2.75) is 10.6 Å². The Morgan fingerprint density at radius 1 is 1.21 bits per heavy atom. The van der Waals surface area contributed by atoms with Gasteiger partial charge >= 0.3 is 0 Å². The molecule has 0 aliphatic carbocycles. The number of likely N-dealkylation sites (N-methyl/N-ethyl adjacent to an activating group) is 1. The summed E-state index contributed by atoms with van der Waals surface area (Å²) in [5, 5.41) is 7.58. The number of thioether (sulfide) groups is 1. The molecule has 0 unspecified atom stereocenters.